The number of benzene rings is 1. The molecule has 1 rings (SSSR count). The Kier molecular flexibility index (Phi) is 6.16. The Morgan fingerprint density at radius 2 is 1.72 bits per heavy atom. The summed E-state index contributed by atoms with van der Waals surface area (Å²) in [5, 5.41) is 3.46. The van der Waals surface area contributed by atoms with E-state index in [-0.39, 0.29) is 0 Å². The Balaban J connectivity index is 2.39. The van der Waals surface area contributed by atoms with Crippen molar-refractivity contribution in [2.24, 2.45) is 0 Å². The highest BCUT2D eigenvalue weighted by molar-refractivity contribution is 5.46. The molecule has 3 heteroatoms. The molecular weight excluding hydrogens is 224 g/mol. The van der Waals surface area contributed by atoms with Crippen LogP contribution >= 0.6 is 0 Å². The summed E-state index contributed by atoms with van der Waals surface area (Å²) in [5.74, 6) is 0. The lowest BCUT2D eigenvalue weighted by atomic mass is 10.1. The molecule has 0 spiro atoms. The van der Waals surface area contributed by atoms with Crippen molar-refractivity contribution in [1.82, 2.24) is 5.32 Å². The van der Waals surface area contributed by atoms with Crippen molar-refractivity contribution in [3.05, 3.63) is 29.8 Å². The van der Waals surface area contributed by atoms with E-state index < -0.39 is 0 Å². The maximum atomic E-state index is 5.51. The van der Waals surface area contributed by atoms with Crippen molar-refractivity contribution >= 4 is 5.69 Å². The van der Waals surface area contributed by atoms with Crippen LogP contribution in [0, 0.1) is 0 Å². The fraction of sp³-hybridized carbons (Fsp3) is 0.600. The summed E-state index contributed by atoms with van der Waals surface area (Å²) >= 11 is 0. The van der Waals surface area contributed by atoms with E-state index in [1.807, 2.05) is 0 Å². The molecule has 3 nitrogen and oxygen atoms in total. The topological polar surface area (TPSA) is 24.5 Å². The number of hydrogen-bond acceptors (Lipinski definition) is 3. The van der Waals surface area contributed by atoms with Gasteiger partial charge in [-0.3, -0.25) is 0 Å². The van der Waals surface area contributed by atoms with Crippen molar-refractivity contribution < 1.29 is 4.74 Å². The predicted molar refractivity (Wildman–Crippen MR) is 78.3 cm³/mol. The van der Waals surface area contributed by atoms with Gasteiger partial charge in [-0.25, -0.2) is 0 Å². The molecule has 0 heterocycles. The number of nitrogens with zero attached hydrogens (tertiary/aromatic N) is 1. The molecular formula is C15H26N2O. The van der Waals surface area contributed by atoms with Gasteiger partial charge in [-0.2, -0.15) is 0 Å². The van der Waals surface area contributed by atoms with E-state index >= 15 is 0 Å². The smallest absolute Gasteiger partial charge is 0.0594 e. The van der Waals surface area contributed by atoms with Crippen LogP contribution in [-0.2, 0) is 4.74 Å². The summed E-state index contributed by atoms with van der Waals surface area (Å²) in [7, 11) is 4.11. The zero-order chi connectivity index (χ0) is 13.5. The van der Waals surface area contributed by atoms with Crippen LogP contribution in [-0.4, -0.2) is 33.4 Å². The van der Waals surface area contributed by atoms with Crippen molar-refractivity contribution in [2.45, 2.75) is 32.9 Å². The van der Waals surface area contributed by atoms with Gasteiger partial charge in [-0.15, -0.1) is 0 Å². The Labute approximate surface area is 111 Å². The molecule has 18 heavy (non-hydrogen) atoms. The highest BCUT2D eigenvalue weighted by atomic mass is 16.5. The van der Waals surface area contributed by atoms with E-state index in [0.29, 0.717) is 12.1 Å². The minimum absolute atomic E-state index is 0.307. The molecule has 0 aliphatic heterocycles. The third kappa shape index (κ3) is 5.07. The van der Waals surface area contributed by atoms with Crippen LogP contribution in [0.4, 0.5) is 5.69 Å². The predicted octanol–water partition coefficient (Wildman–Crippen LogP) is 2.83. The number of anilines is 1. The molecule has 102 valence electrons. The van der Waals surface area contributed by atoms with Gasteiger partial charge in [0.2, 0.25) is 0 Å². The molecule has 1 aromatic rings. The molecule has 0 aliphatic rings. The molecule has 0 bridgehead atoms. The third-order valence-corrected chi connectivity index (χ3v) is 2.91. The van der Waals surface area contributed by atoms with Crippen molar-refractivity contribution in [3.8, 4) is 0 Å². The first kappa shape index (κ1) is 15.0. The first-order valence-electron chi connectivity index (χ1n) is 6.63. The van der Waals surface area contributed by atoms with Crippen LogP contribution in [0.2, 0.25) is 0 Å². The zero-order valence-electron chi connectivity index (χ0n) is 12.2. The van der Waals surface area contributed by atoms with Gasteiger partial charge in [-0.1, -0.05) is 12.1 Å². The molecule has 0 saturated carbocycles. The van der Waals surface area contributed by atoms with Gasteiger partial charge in [-0.05, 0) is 38.5 Å². The van der Waals surface area contributed by atoms with E-state index in [1.54, 1.807) is 0 Å². The van der Waals surface area contributed by atoms with Gasteiger partial charge in [0.25, 0.3) is 0 Å². The molecule has 1 unspecified atom stereocenters. The summed E-state index contributed by atoms with van der Waals surface area (Å²) < 4.78 is 5.51. The van der Waals surface area contributed by atoms with Gasteiger partial charge >= 0.3 is 0 Å². The van der Waals surface area contributed by atoms with Gasteiger partial charge < -0.3 is 15.0 Å². The van der Waals surface area contributed by atoms with E-state index in [2.05, 4.69) is 69.3 Å². The molecule has 0 fully saturated rings. The summed E-state index contributed by atoms with van der Waals surface area (Å²) in [6, 6.07) is 9.01. The Hall–Kier alpha value is -1.06. The first-order chi connectivity index (χ1) is 8.50. The van der Waals surface area contributed by atoms with E-state index in [0.717, 1.165) is 13.2 Å². The Morgan fingerprint density at radius 1 is 1.11 bits per heavy atom. The summed E-state index contributed by atoms with van der Waals surface area (Å²) in [5.41, 5.74) is 2.54. The average Bonchev–Trinajstić information content (AvgIpc) is 2.34. The van der Waals surface area contributed by atoms with Crippen LogP contribution in [0.25, 0.3) is 0 Å². The normalized spacial score (nSPS) is 12.8. The molecule has 0 aromatic heterocycles. The molecule has 1 N–H and O–H groups in total. The van der Waals surface area contributed by atoms with Gasteiger partial charge in [0.15, 0.2) is 0 Å². The largest absolute Gasteiger partial charge is 0.378 e. The lowest BCUT2D eigenvalue weighted by Crippen LogP contribution is -2.24. The minimum Gasteiger partial charge on any atom is -0.378 e. The van der Waals surface area contributed by atoms with Gasteiger partial charge in [0.05, 0.1) is 12.7 Å². The summed E-state index contributed by atoms with van der Waals surface area (Å²) in [6.07, 6.45) is 0.307. The van der Waals surface area contributed by atoms with Crippen molar-refractivity contribution in [1.29, 1.82) is 0 Å². The highest BCUT2D eigenvalue weighted by Gasteiger charge is 2.05. The molecule has 0 amide bonds. The van der Waals surface area contributed by atoms with Crippen LogP contribution in [0.3, 0.4) is 0 Å². The van der Waals surface area contributed by atoms with Gasteiger partial charge in [0, 0.05) is 32.4 Å². The standard InChI is InChI=1S/C15H26N2O/c1-12(2)18-11-10-16-13(3)14-6-8-15(9-7-14)17(4)5/h6-9,12-13,16H,10-11H2,1-5H3. The average molecular weight is 250 g/mol. The lowest BCUT2D eigenvalue weighted by Gasteiger charge is -2.17. The maximum absolute atomic E-state index is 5.51. The fourth-order valence-electron chi connectivity index (χ4n) is 1.75. The molecule has 1 atom stereocenters. The quantitative estimate of drug-likeness (QED) is 0.753. The monoisotopic (exact) mass is 250 g/mol. The second kappa shape index (κ2) is 7.39. The second-order valence-electron chi connectivity index (χ2n) is 5.08. The number of nitrogens with one attached hydrogen (secondary N) is 1. The lowest BCUT2D eigenvalue weighted by molar-refractivity contribution is 0.0796. The van der Waals surface area contributed by atoms with Crippen LogP contribution in [0.5, 0.6) is 0 Å². The van der Waals surface area contributed by atoms with E-state index in [9.17, 15) is 0 Å². The van der Waals surface area contributed by atoms with Crippen LogP contribution < -0.4 is 10.2 Å². The van der Waals surface area contributed by atoms with E-state index in [4.69, 9.17) is 4.74 Å². The highest BCUT2D eigenvalue weighted by Crippen LogP contribution is 2.17. The Bertz CT molecular complexity index is 333. The summed E-state index contributed by atoms with van der Waals surface area (Å²) in [4.78, 5) is 2.11. The fourth-order valence-corrected chi connectivity index (χ4v) is 1.75. The van der Waals surface area contributed by atoms with Crippen molar-refractivity contribution in [2.75, 3.05) is 32.1 Å². The van der Waals surface area contributed by atoms with Gasteiger partial charge in [0.1, 0.15) is 0 Å². The van der Waals surface area contributed by atoms with E-state index in [1.165, 1.54) is 11.3 Å². The molecule has 1 aromatic carbocycles. The Morgan fingerprint density at radius 3 is 2.22 bits per heavy atom. The number of rotatable bonds is 7. The SMILES string of the molecule is CC(C)OCCNC(C)c1ccc(N(C)C)cc1. The molecule has 0 aliphatic carbocycles. The first-order valence-corrected chi connectivity index (χ1v) is 6.63. The third-order valence-electron chi connectivity index (χ3n) is 2.91. The number of hydrogen-bond donors (Lipinski definition) is 1. The van der Waals surface area contributed by atoms with Crippen molar-refractivity contribution in [3.63, 3.8) is 0 Å². The summed E-state index contributed by atoms with van der Waals surface area (Å²) in [6.45, 7) is 7.94. The number of ether oxygens (including phenoxy) is 1. The minimum atomic E-state index is 0.307. The second-order valence-corrected chi connectivity index (χ2v) is 5.08. The van der Waals surface area contributed by atoms with Crippen LogP contribution in [0.15, 0.2) is 24.3 Å². The molecule has 0 radical (unpaired) electrons. The zero-order valence-corrected chi connectivity index (χ0v) is 12.2. The maximum Gasteiger partial charge on any atom is 0.0594 e. The van der Waals surface area contributed by atoms with Crippen LogP contribution in [0.1, 0.15) is 32.4 Å². The molecule has 0 saturated heterocycles.